The summed E-state index contributed by atoms with van der Waals surface area (Å²) in [6.45, 7) is 3.13. The predicted molar refractivity (Wildman–Crippen MR) is 112 cm³/mol. The highest BCUT2D eigenvalue weighted by atomic mass is 16.5. The quantitative estimate of drug-likeness (QED) is 0.456. The molecule has 0 aromatic carbocycles. The van der Waals surface area contributed by atoms with Crippen molar-refractivity contribution < 1.29 is 4.74 Å². The van der Waals surface area contributed by atoms with Gasteiger partial charge in [0, 0.05) is 31.2 Å². The van der Waals surface area contributed by atoms with Crippen LogP contribution in [0.5, 0.6) is 0 Å². The van der Waals surface area contributed by atoms with Crippen molar-refractivity contribution in [3.63, 3.8) is 0 Å². The SMILES string of the molecule is CNC1CC(C2CC2)NC(NC2CC3CCOC3C(C3=CCNCCC3)C2)N1. The molecule has 3 heterocycles. The predicted octanol–water partition coefficient (Wildman–Crippen LogP) is 1.26. The number of hydrogen-bond donors (Lipinski definition) is 5. The summed E-state index contributed by atoms with van der Waals surface area (Å²) in [5.74, 6) is 2.20. The van der Waals surface area contributed by atoms with Crippen LogP contribution >= 0.6 is 0 Å². The van der Waals surface area contributed by atoms with Crippen molar-refractivity contribution in [2.45, 2.75) is 82.0 Å². The molecule has 2 saturated heterocycles. The van der Waals surface area contributed by atoms with E-state index >= 15 is 0 Å². The van der Waals surface area contributed by atoms with Gasteiger partial charge in [0.1, 0.15) is 6.29 Å². The van der Waals surface area contributed by atoms with Crippen LogP contribution < -0.4 is 26.6 Å². The van der Waals surface area contributed by atoms with Gasteiger partial charge < -0.3 is 15.4 Å². The standard InChI is InChI=1S/C22H39N5O/c1-23-20-13-19(15-4-5-15)26-22(27-20)25-17-11-16-7-10-28-21(16)18(12-17)14-3-2-8-24-9-6-14/h6,15-27H,2-5,7-13H2,1H3. The van der Waals surface area contributed by atoms with Gasteiger partial charge in [-0.15, -0.1) is 0 Å². The van der Waals surface area contributed by atoms with E-state index in [0.29, 0.717) is 30.3 Å². The van der Waals surface area contributed by atoms with Crippen LogP contribution in [-0.4, -0.2) is 57.4 Å². The largest absolute Gasteiger partial charge is 0.377 e. The lowest BCUT2D eigenvalue weighted by Gasteiger charge is -2.44. The molecule has 3 aliphatic heterocycles. The summed E-state index contributed by atoms with van der Waals surface area (Å²) in [5.41, 5.74) is 1.65. The van der Waals surface area contributed by atoms with Gasteiger partial charge in [-0.25, -0.2) is 0 Å². The fourth-order valence-electron chi connectivity index (χ4n) is 6.13. The van der Waals surface area contributed by atoms with Gasteiger partial charge in [-0.2, -0.15) is 0 Å². The first-order valence-electron chi connectivity index (χ1n) is 11.8. The molecule has 5 N–H and O–H groups in total. The Morgan fingerprint density at radius 2 is 2.00 bits per heavy atom. The minimum absolute atomic E-state index is 0.214. The maximum atomic E-state index is 6.26. The van der Waals surface area contributed by atoms with Crippen LogP contribution in [0.1, 0.15) is 51.4 Å². The first-order chi connectivity index (χ1) is 13.8. The summed E-state index contributed by atoms with van der Waals surface area (Å²) in [7, 11) is 2.08. The molecule has 28 heavy (non-hydrogen) atoms. The minimum Gasteiger partial charge on any atom is -0.377 e. The summed E-state index contributed by atoms with van der Waals surface area (Å²) in [6.07, 6.45) is 13.7. The first-order valence-corrected chi connectivity index (χ1v) is 11.8. The Morgan fingerprint density at radius 3 is 2.86 bits per heavy atom. The van der Waals surface area contributed by atoms with Gasteiger partial charge in [0.25, 0.3) is 0 Å². The van der Waals surface area contributed by atoms with Crippen LogP contribution in [0, 0.1) is 17.8 Å². The van der Waals surface area contributed by atoms with Gasteiger partial charge >= 0.3 is 0 Å². The summed E-state index contributed by atoms with van der Waals surface area (Å²) in [6, 6.07) is 1.21. The molecule has 5 aliphatic rings. The van der Waals surface area contributed by atoms with E-state index in [1.54, 1.807) is 5.57 Å². The Morgan fingerprint density at radius 1 is 1.07 bits per heavy atom. The molecule has 0 aromatic heterocycles. The van der Waals surface area contributed by atoms with Gasteiger partial charge in [-0.3, -0.25) is 16.0 Å². The average molecular weight is 390 g/mol. The maximum Gasteiger partial charge on any atom is 0.113 e. The van der Waals surface area contributed by atoms with Crippen molar-refractivity contribution >= 4 is 0 Å². The van der Waals surface area contributed by atoms with Crippen molar-refractivity contribution in [1.82, 2.24) is 26.6 Å². The molecule has 158 valence electrons. The highest BCUT2D eigenvalue weighted by Crippen LogP contribution is 2.42. The second kappa shape index (κ2) is 8.70. The summed E-state index contributed by atoms with van der Waals surface area (Å²) < 4.78 is 6.26. The number of ether oxygens (including phenoxy) is 1. The van der Waals surface area contributed by atoms with Crippen molar-refractivity contribution in [2.24, 2.45) is 17.8 Å². The number of fused-ring (bicyclic) bond motifs is 1. The minimum atomic E-state index is 0.214. The molecule has 0 radical (unpaired) electrons. The van der Waals surface area contributed by atoms with E-state index in [2.05, 4.69) is 39.7 Å². The molecule has 7 unspecified atom stereocenters. The molecule has 0 amide bonds. The Hall–Kier alpha value is -0.500. The van der Waals surface area contributed by atoms with Crippen LogP contribution in [0.3, 0.4) is 0 Å². The fourth-order valence-corrected chi connectivity index (χ4v) is 6.13. The lowest BCUT2D eigenvalue weighted by molar-refractivity contribution is 0.0173. The van der Waals surface area contributed by atoms with E-state index in [1.807, 2.05) is 0 Å². The third-order valence-electron chi connectivity index (χ3n) is 7.77. The topological polar surface area (TPSA) is 69.4 Å². The van der Waals surface area contributed by atoms with Crippen LogP contribution in [-0.2, 0) is 4.74 Å². The Kier molecular flexibility index (Phi) is 6.05. The van der Waals surface area contributed by atoms with Crippen molar-refractivity contribution in [3.8, 4) is 0 Å². The lowest BCUT2D eigenvalue weighted by Crippen LogP contribution is -2.69. The van der Waals surface area contributed by atoms with Crippen LogP contribution in [0.4, 0.5) is 0 Å². The molecule has 0 spiro atoms. The lowest BCUT2D eigenvalue weighted by atomic mass is 9.72. The Balaban J connectivity index is 1.26. The summed E-state index contributed by atoms with van der Waals surface area (Å²) in [4.78, 5) is 0. The van der Waals surface area contributed by atoms with Gasteiger partial charge in [0.2, 0.25) is 0 Å². The zero-order chi connectivity index (χ0) is 18.9. The highest BCUT2D eigenvalue weighted by molar-refractivity contribution is 5.15. The van der Waals surface area contributed by atoms with E-state index < -0.39 is 0 Å². The normalized spacial score (nSPS) is 44.6. The third-order valence-corrected chi connectivity index (χ3v) is 7.77. The summed E-state index contributed by atoms with van der Waals surface area (Å²) >= 11 is 0. The van der Waals surface area contributed by atoms with Gasteiger partial charge in [0.05, 0.1) is 12.3 Å². The van der Waals surface area contributed by atoms with E-state index in [1.165, 1.54) is 51.4 Å². The molecule has 6 nitrogen and oxygen atoms in total. The second-order valence-corrected chi connectivity index (χ2v) is 9.70. The van der Waals surface area contributed by atoms with E-state index in [9.17, 15) is 0 Å². The van der Waals surface area contributed by atoms with E-state index in [0.717, 1.165) is 31.5 Å². The fraction of sp³-hybridized carbons (Fsp3) is 0.909. The molecule has 2 saturated carbocycles. The number of hydrogen-bond acceptors (Lipinski definition) is 6. The molecule has 6 heteroatoms. The molecule has 0 aromatic rings. The zero-order valence-corrected chi connectivity index (χ0v) is 17.4. The molecular formula is C22H39N5O. The van der Waals surface area contributed by atoms with Crippen LogP contribution in [0.15, 0.2) is 11.6 Å². The number of nitrogens with one attached hydrogen (secondary N) is 5. The van der Waals surface area contributed by atoms with Crippen LogP contribution in [0.2, 0.25) is 0 Å². The average Bonchev–Trinajstić information content (AvgIpc) is 3.50. The van der Waals surface area contributed by atoms with Crippen LogP contribution in [0.25, 0.3) is 0 Å². The Labute approximate surface area is 170 Å². The van der Waals surface area contributed by atoms with Gasteiger partial charge in [0.15, 0.2) is 0 Å². The summed E-state index contributed by atoms with van der Waals surface area (Å²) in [5, 5.41) is 18.6. The second-order valence-electron chi connectivity index (χ2n) is 9.70. The van der Waals surface area contributed by atoms with Gasteiger partial charge in [-0.1, -0.05) is 11.6 Å². The Bertz CT molecular complexity index is 565. The molecular weight excluding hydrogens is 350 g/mol. The monoisotopic (exact) mass is 389 g/mol. The van der Waals surface area contributed by atoms with Gasteiger partial charge in [-0.05, 0) is 76.8 Å². The van der Waals surface area contributed by atoms with E-state index in [-0.39, 0.29) is 6.29 Å². The van der Waals surface area contributed by atoms with E-state index in [4.69, 9.17) is 4.74 Å². The number of rotatable bonds is 5. The molecule has 5 rings (SSSR count). The zero-order valence-electron chi connectivity index (χ0n) is 17.4. The smallest absolute Gasteiger partial charge is 0.113 e. The maximum absolute atomic E-state index is 6.26. The van der Waals surface area contributed by atoms with Crippen molar-refractivity contribution in [3.05, 3.63) is 11.6 Å². The first kappa shape index (κ1) is 19.5. The van der Waals surface area contributed by atoms with Crippen molar-refractivity contribution in [1.29, 1.82) is 0 Å². The molecule has 0 bridgehead atoms. The van der Waals surface area contributed by atoms with Crippen molar-refractivity contribution in [2.75, 3.05) is 26.7 Å². The highest BCUT2D eigenvalue weighted by Gasteiger charge is 2.44. The molecule has 7 atom stereocenters. The molecule has 4 fully saturated rings. The molecule has 2 aliphatic carbocycles. The third kappa shape index (κ3) is 4.32.